The van der Waals surface area contributed by atoms with Crippen LogP contribution >= 0.6 is 27.5 Å². The fourth-order valence-corrected chi connectivity index (χ4v) is 3.05. The van der Waals surface area contributed by atoms with Crippen molar-refractivity contribution in [1.29, 1.82) is 0 Å². The van der Waals surface area contributed by atoms with Gasteiger partial charge in [0.1, 0.15) is 0 Å². The van der Waals surface area contributed by atoms with Crippen LogP contribution in [0, 0.1) is 0 Å². The summed E-state index contributed by atoms with van der Waals surface area (Å²) in [4.78, 5) is 25.6. The standard InChI is InChI=1S/C14H16BrClN2O2/c15-11-7-10(8-12(16)9-11)14(20)17-4-3-13(19)18-5-1-2-6-18/h7-9H,1-6H2,(H,17,20). The molecule has 6 heteroatoms. The zero-order valence-corrected chi connectivity index (χ0v) is 13.3. The molecule has 1 fully saturated rings. The van der Waals surface area contributed by atoms with Gasteiger partial charge in [-0.3, -0.25) is 9.59 Å². The monoisotopic (exact) mass is 358 g/mol. The number of nitrogens with one attached hydrogen (secondary N) is 1. The summed E-state index contributed by atoms with van der Waals surface area (Å²) in [5, 5.41) is 3.24. The molecule has 1 aliphatic heterocycles. The molecule has 0 unspecified atom stereocenters. The second-order valence-electron chi connectivity index (χ2n) is 4.75. The minimum Gasteiger partial charge on any atom is -0.352 e. The Morgan fingerprint density at radius 3 is 2.60 bits per heavy atom. The Hall–Kier alpha value is -1.07. The molecule has 1 aromatic rings. The normalized spacial score (nSPS) is 14.4. The van der Waals surface area contributed by atoms with E-state index in [0.29, 0.717) is 23.6 Å². The summed E-state index contributed by atoms with van der Waals surface area (Å²) >= 11 is 9.19. The van der Waals surface area contributed by atoms with E-state index in [2.05, 4.69) is 21.2 Å². The van der Waals surface area contributed by atoms with Crippen molar-refractivity contribution in [3.8, 4) is 0 Å². The number of likely N-dealkylation sites (tertiary alicyclic amines) is 1. The van der Waals surface area contributed by atoms with Crippen LogP contribution < -0.4 is 5.32 Å². The summed E-state index contributed by atoms with van der Waals surface area (Å²) in [5.74, 6) is -0.113. The van der Waals surface area contributed by atoms with E-state index in [1.54, 1.807) is 18.2 Å². The van der Waals surface area contributed by atoms with Crippen LogP contribution in [0.5, 0.6) is 0 Å². The number of carbonyl (C=O) groups is 2. The molecule has 1 saturated heterocycles. The molecule has 2 amide bonds. The van der Waals surface area contributed by atoms with Gasteiger partial charge in [0.25, 0.3) is 5.91 Å². The fourth-order valence-electron chi connectivity index (χ4n) is 2.19. The van der Waals surface area contributed by atoms with E-state index >= 15 is 0 Å². The minimum absolute atomic E-state index is 0.107. The Morgan fingerprint density at radius 2 is 1.95 bits per heavy atom. The van der Waals surface area contributed by atoms with Gasteiger partial charge in [-0.25, -0.2) is 0 Å². The average molecular weight is 360 g/mol. The molecule has 4 nitrogen and oxygen atoms in total. The number of hydrogen-bond acceptors (Lipinski definition) is 2. The quantitative estimate of drug-likeness (QED) is 0.898. The number of hydrogen-bond donors (Lipinski definition) is 1. The van der Waals surface area contributed by atoms with Crippen molar-refractivity contribution in [2.75, 3.05) is 19.6 Å². The smallest absolute Gasteiger partial charge is 0.251 e. The van der Waals surface area contributed by atoms with E-state index in [4.69, 9.17) is 11.6 Å². The Labute approximate surface area is 131 Å². The fraction of sp³-hybridized carbons (Fsp3) is 0.429. The molecular weight excluding hydrogens is 344 g/mol. The number of amides is 2. The summed E-state index contributed by atoms with van der Waals surface area (Å²) < 4.78 is 0.753. The first kappa shape index (κ1) is 15.3. The lowest BCUT2D eigenvalue weighted by Gasteiger charge is -2.15. The van der Waals surface area contributed by atoms with Crippen molar-refractivity contribution in [2.45, 2.75) is 19.3 Å². The number of halogens is 2. The van der Waals surface area contributed by atoms with Gasteiger partial charge in [0, 0.05) is 41.1 Å². The van der Waals surface area contributed by atoms with E-state index in [-0.39, 0.29) is 11.8 Å². The van der Waals surface area contributed by atoms with Crippen LogP contribution in [0.15, 0.2) is 22.7 Å². The van der Waals surface area contributed by atoms with Gasteiger partial charge < -0.3 is 10.2 Å². The molecule has 1 aliphatic rings. The first-order chi connectivity index (χ1) is 9.56. The van der Waals surface area contributed by atoms with Crippen LogP contribution in [0.2, 0.25) is 5.02 Å². The second kappa shape index (κ2) is 7.09. The summed E-state index contributed by atoms with van der Waals surface area (Å²) in [5.41, 5.74) is 0.484. The summed E-state index contributed by atoms with van der Waals surface area (Å²) in [6.07, 6.45) is 2.50. The third-order valence-electron chi connectivity index (χ3n) is 3.21. The summed E-state index contributed by atoms with van der Waals surface area (Å²) in [6, 6.07) is 5.02. The van der Waals surface area contributed by atoms with E-state index < -0.39 is 0 Å². The summed E-state index contributed by atoms with van der Waals surface area (Å²) in [7, 11) is 0. The molecule has 0 aromatic heterocycles. The van der Waals surface area contributed by atoms with Gasteiger partial charge in [-0.15, -0.1) is 0 Å². The predicted molar refractivity (Wildman–Crippen MR) is 81.9 cm³/mol. The van der Waals surface area contributed by atoms with Gasteiger partial charge in [0.15, 0.2) is 0 Å². The Morgan fingerprint density at radius 1 is 1.25 bits per heavy atom. The van der Waals surface area contributed by atoms with Crippen LogP contribution in [0.1, 0.15) is 29.6 Å². The van der Waals surface area contributed by atoms with Gasteiger partial charge in [-0.1, -0.05) is 27.5 Å². The van der Waals surface area contributed by atoms with Crippen molar-refractivity contribution in [3.63, 3.8) is 0 Å². The molecular formula is C14H16BrClN2O2. The molecule has 0 aliphatic carbocycles. The predicted octanol–water partition coefficient (Wildman–Crippen LogP) is 2.84. The third kappa shape index (κ3) is 4.21. The molecule has 1 aromatic carbocycles. The SMILES string of the molecule is O=C(NCCC(=O)N1CCCC1)c1cc(Cl)cc(Br)c1. The maximum absolute atomic E-state index is 11.9. The maximum Gasteiger partial charge on any atom is 0.251 e. The lowest BCUT2D eigenvalue weighted by atomic mass is 10.2. The molecule has 0 bridgehead atoms. The van der Waals surface area contributed by atoms with Crippen molar-refractivity contribution < 1.29 is 9.59 Å². The lowest BCUT2D eigenvalue weighted by molar-refractivity contribution is -0.129. The van der Waals surface area contributed by atoms with Crippen molar-refractivity contribution in [1.82, 2.24) is 10.2 Å². The van der Waals surface area contributed by atoms with E-state index in [0.717, 1.165) is 30.4 Å². The van der Waals surface area contributed by atoms with Gasteiger partial charge in [0.05, 0.1) is 0 Å². The van der Waals surface area contributed by atoms with E-state index in [1.165, 1.54) is 0 Å². The molecule has 2 rings (SSSR count). The van der Waals surface area contributed by atoms with Crippen molar-refractivity contribution in [2.24, 2.45) is 0 Å². The Bertz CT molecular complexity index is 496. The third-order valence-corrected chi connectivity index (χ3v) is 3.88. The molecule has 20 heavy (non-hydrogen) atoms. The first-order valence-electron chi connectivity index (χ1n) is 6.58. The highest BCUT2D eigenvalue weighted by molar-refractivity contribution is 9.10. The van der Waals surface area contributed by atoms with Crippen LogP contribution in [0.4, 0.5) is 0 Å². The van der Waals surface area contributed by atoms with Crippen LogP contribution in [-0.2, 0) is 4.79 Å². The Balaban J connectivity index is 1.81. The van der Waals surface area contributed by atoms with E-state index in [1.807, 2.05) is 4.90 Å². The average Bonchev–Trinajstić information content (AvgIpc) is 2.91. The lowest BCUT2D eigenvalue weighted by Crippen LogP contribution is -2.32. The highest BCUT2D eigenvalue weighted by atomic mass is 79.9. The molecule has 1 N–H and O–H groups in total. The van der Waals surface area contributed by atoms with Gasteiger partial charge in [-0.05, 0) is 31.0 Å². The van der Waals surface area contributed by atoms with Gasteiger partial charge in [-0.2, -0.15) is 0 Å². The number of carbonyl (C=O) groups excluding carboxylic acids is 2. The first-order valence-corrected chi connectivity index (χ1v) is 7.75. The highest BCUT2D eigenvalue weighted by Gasteiger charge is 2.17. The zero-order chi connectivity index (χ0) is 14.5. The molecule has 0 atom stereocenters. The maximum atomic E-state index is 11.9. The van der Waals surface area contributed by atoms with Crippen molar-refractivity contribution >= 4 is 39.3 Å². The largest absolute Gasteiger partial charge is 0.352 e. The molecule has 108 valence electrons. The number of nitrogens with zero attached hydrogens (tertiary/aromatic N) is 1. The van der Waals surface area contributed by atoms with E-state index in [9.17, 15) is 9.59 Å². The molecule has 0 spiro atoms. The van der Waals surface area contributed by atoms with Gasteiger partial charge >= 0.3 is 0 Å². The Kier molecular flexibility index (Phi) is 5.43. The highest BCUT2D eigenvalue weighted by Crippen LogP contribution is 2.19. The van der Waals surface area contributed by atoms with Crippen molar-refractivity contribution in [3.05, 3.63) is 33.3 Å². The number of benzene rings is 1. The number of rotatable bonds is 4. The zero-order valence-electron chi connectivity index (χ0n) is 11.0. The molecule has 0 radical (unpaired) electrons. The minimum atomic E-state index is -0.220. The summed E-state index contributed by atoms with van der Waals surface area (Å²) in [6.45, 7) is 2.03. The molecule has 1 heterocycles. The van der Waals surface area contributed by atoms with Gasteiger partial charge in [0.2, 0.25) is 5.91 Å². The van der Waals surface area contributed by atoms with Crippen LogP contribution in [-0.4, -0.2) is 36.3 Å². The van der Waals surface area contributed by atoms with Crippen LogP contribution in [0.25, 0.3) is 0 Å². The second-order valence-corrected chi connectivity index (χ2v) is 6.10. The molecule has 0 saturated carbocycles. The van der Waals surface area contributed by atoms with Crippen LogP contribution in [0.3, 0.4) is 0 Å². The topological polar surface area (TPSA) is 49.4 Å².